The Kier molecular flexibility index (Phi) is 10.5. The molecule has 25 heavy (non-hydrogen) atoms. The number of methoxy groups -OCH3 is 1. The van der Waals surface area contributed by atoms with E-state index in [0.29, 0.717) is 17.9 Å². The second kappa shape index (κ2) is 12.4. The third kappa shape index (κ3) is 8.14. The van der Waals surface area contributed by atoms with Crippen molar-refractivity contribution in [1.29, 1.82) is 0 Å². The van der Waals surface area contributed by atoms with Crippen LogP contribution < -0.4 is 10.6 Å². The molecule has 0 aliphatic heterocycles. The zero-order valence-electron chi connectivity index (χ0n) is 15.6. The van der Waals surface area contributed by atoms with Gasteiger partial charge < -0.3 is 20.3 Å². The molecule has 0 bridgehead atoms. The molecule has 0 aromatic heterocycles. The molecule has 6 heteroatoms. The van der Waals surface area contributed by atoms with Crippen LogP contribution in [0.2, 0.25) is 0 Å². The fourth-order valence-corrected chi connectivity index (χ4v) is 2.52. The number of nitrogens with zero attached hydrogens (tertiary/aromatic N) is 1. The van der Waals surface area contributed by atoms with Gasteiger partial charge in [0.05, 0.1) is 6.54 Å². The quantitative estimate of drug-likeness (QED) is 0.569. The summed E-state index contributed by atoms with van der Waals surface area (Å²) in [6.45, 7) is 7.25. The summed E-state index contributed by atoms with van der Waals surface area (Å²) < 4.78 is 4.96. The van der Waals surface area contributed by atoms with Gasteiger partial charge in [0.25, 0.3) is 5.91 Å². The molecule has 140 valence electrons. The number of carbonyl (C=O) groups is 2. The number of anilines is 1. The van der Waals surface area contributed by atoms with Gasteiger partial charge in [-0.25, -0.2) is 0 Å². The Morgan fingerprint density at radius 2 is 1.88 bits per heavy atom. The van der Waals surface area contributed by atoms with E-state index < -0.39 is 0 Å². The van der Waals surface area contributed by atoms with Gasteiger partial charge in [0.1, 0.15) is 0 Å². The molecule has 2 amide bonds. The molecule has 0 saturated heterocycles. The summed E-state index contributed by atoms with van der Waals surface area (Å²) >= 11 is 0. The lowest BCUT2D eigenvalue weighted by molar-refractivity contribution is -0.115. The Balaban J connectivity index is 2.58. The molecule has 2 N–H and O–H groups in total. The van der Waals surface area contributed by atoms with Crippen LogP contribution in [0.3, 0.4) is 0 Å². The Hall–Kier alpha value is -1.92. The highest BCUT2D eigenvalue weighted by Gasteiger charge is 2.14. The summed E-state index contributed by atoms with van der Waals surface area (Å²) in [5.74, 6) is -0.113. The molecule has 0 saturated carbocycles. The fraction of sp³-hybridized carbons (Fsp3) is 0.579. The van der Waals surface area contributed by atoms with Crippen LogP contribution >= 0.6 is 0 Å². The number of rotatable bonds is 12. The van der Waals surface area contributed by atoms with Crippen LogP contribution in [-0.2, 0) is 9.53 Å². The van der Waals surface area contributed by atoms with Gasteiger partial charge in [0.2, 0.25) is 5.91 Å². The van der Waals surface area contributed by atoms with Crippen LogP contribution in [0.1, 0.15) is 43.5 Å². The Morgan fingerprint density at radius 1 is 1.16 bits per heavy atom. The van der Waals surface area contributed by atoms with Gasteiger partial charge in [-0.05, 0) is 44.0 Å². The molecule has 0 spiro atoms. The number of hydrogen-bond donors (Lipinski definition) is 2. The maximum absolute atomic E-state index is 12.6. The van der Waals surface area contributed by atoms with Crippen molar-refractivity contribution in [3.63, 3.8) is 0 Å². The summed E-state index contributed by atoms with van der Waals surface area (Å²) in [5, 5.41) is 5.89. The van der Waals surface area contributed by atoms with E-state index in [0.717, 1.165) is 38.9 Å². The first kappa shape index (κ1) is 21.1. The number of amides is 2. The summed E-state index contributed by atoms with van der Waals surface area (Å²) in [6.07, 6.45) is 2.71. The number of hydrogen-bond acceptors (Lipinski definition) is 4. The summed E-state index contributed by atoms with van der Waals surface area (Å²) in [6, 6.07) is 7.12. The minimum atomic E-state index is -0.124. The van der Waals surface area contributed by atoms with Crippen molar-refractivity contribution in [3.05, 3.63) is 29.8 Å². The largest absolute Gasteiger partial charge is 0.385 e. The average Bonchev–Trinajstić information content (AvgIpc) is 2.61. The van der Waals surface area contributed by atoms with Crippen molar-refractivity contribution < 1.29 is 14.3 Å². The second-order valence-corrected chi connectivity index (χ2v) is 5.94. The van der Waals surface area contributed by atoms with Crippen molar-refractivity contribution in [2.75, 3.05) is 45.2 Å². The number of ether oxygens (including phenoxy) is 1. The van der Waals surface area contributed by atoms with Crippen LogP contribution in [0, 0.1) is 0 Å². The van der Waals surface area contributed by atoms with E-state index >= 15 is 0 Å². The minimum Gasteiger partial charge on any atom is -0.385 e. The monoisotopic (exact) mass is 349 g/mol. The average molecular weight is 349 g/mol. The fourth-order valence-electron chi connectivity index (χ4n) is 2.52. The SMILES string of the molecule is CCCN(CCC)C(=O)c1cccc(NC(=O)CNCCCOC)c1. The first-order chi connectivity index (χ1) is 12.1. The zero-order chi connectivity index (χ0) is 18.5. The predicted octanol–water partition coefficient (Wildman–Crippen LogP) is 2.51. The molecular weight excluding hydrogens is 318 g/mol. The molecule has 0 atom stereocenters. The maximum Gasteiger partial charge on any atom is 0.253 e. The normalized spacial score (nSPS) is 10.5. The van der Waals surface area contributed by atoms with Crippen molar-refractivity contribution in [3.8, 4) is 0 Å². The number of carbonyl (C=O) groups excluding carboxylic acids is 2. The number of nitrogens with one attached hydrogen (secondary N) is 2. The highest BCUT2D eigenvalue weighted by atomic mass is 16.5. The van der Waals surface area contributed by atoms with Crippen molar-refractivity contribution in [2.45, 2.75) is 33.1 Å². The third-order valence-electron chi connectivity index (χ3n) is 3.66. The van der Waals surface area contributed by atoms with Gasteiger partial charge in [-0.2, -0.15) is 0 Å². The van der Waals surface area contributed by atoms with E-state index in [1.54, 1.807) is 31.4 Å². The summed E-state index contributed by atoms with van der Waals surface area (Å²) in [4.78, 5) is 26.4. The van der Waals surface area contributed by atoms with Crippen molar-refractivity contribution in [1.82, 2.24) is 10.2 Å². The van der Waals surface area contributed by atoms with Crippen LogP contribution in [-0.4, -0.2) is 56.6 Å². The van der Waals surface area contributed by atoms with Crippen LogP contribution in [0.15, 0.2) is 24.3 Å². The summed E-state index contributed by atoms with van der Waals surface area (Å²) in [5.41, 5.74) is 1.25. The van der Waals surface area contributed by atoms with Gasteiger partial charge in [-0.1, -0.05) is 19.9 Å². The molecule has 0 fully saturated rings. The first-order valence-electron chi connectivity index (χ1n) is 9.01. The molecule has 0 heterocycles. The van der Waals surface area contributed by atoms with Gasteiger partial charge in [-0.15, -0.1) is 0 Å². The lowest BCUT2D eigenvalue weighted by Crippen LogP contribution is -2.32. The molecule has 0 unspecified atom stereocenters. The lowest BCUT2D eigenvalue weighted by Gasteiger charge is -2.21. The lowest BCUT2D eigenvalue weighted by atomic mass is 10.1. The highest BCUT2D eigenvalue weighted by molar-refractivity contribution is 5.97. The molecule has 0 aliphatic rings. The maximum atomic E-state index is 12.6. The van der Waals surface area contributed by atoms with Gasteiger partial charge in [0, 0.05) is 38.1 Å². The topological polar surface area (TPSA) is 70.7 Å². The van der Waals surface area contributed by atoms with E-state index in [1.165, 1.54) is 0 Å². The van der Waals surface area contributed by atoms with Crippen molar-refractivity contribution in [2.24, 2.45) is 0 Å². The molecule has 0 aliphatic carbocycles. The molecule has 1 rings (SSSR count). The van der Waals surface area contributed by atoms with Gasteiger partial charge >= 0.3 is 0 Å². The van der Waals surface area contributed by atoms with E-state index in [1.807, 2.05) is 4.90 Å². The molecule has 1 aromatic rings. The van der Waals surface area contributed by atoms with Crippen LogP contribution in [0.4, 0.5) is 5.69 Å². The molecular formula is C19H31N3O3. The van der Waals surface area contributed by atoms with Gasteiger partial charge in [0.15, 0.2) is 0 Å². The van der Waals surface area contributed by atoms with E-state index in [9.17, 15) is 9.59 Å². The van der Waals surface area contributed by atoms with Crippen molar-refractivity contribution >= 4 is 17.5 Å². The van der Waals surface area contributed by atoms with E-state index in [-0.39, 0.29) is 18.4 Å². The van der Waals surface area contributed by atoms with Crippen LogP contribution in [0.5, 0.6) is 0 Å². The standard InChI is InChI=1S/C19H31N3O3/c1-4-11-22(12-5-2)19(24)16-8-6-9-17(14-16)21-18(23)15-20-10-7-13-25-3/h6,8-9,14,20H,4-5,7,10-13,15H2,1-3H3,(H,21,23). The molecule has 0 radical (unpaired) electrons. The molecule has 1 aromatic carbocycles. The Labute approximate surface area is 150 Å². The number of benzene rings is 1. The highest BCUT2D eigenvalue weighted by Crippen LogP contribution is 2.13. The zero-order valence-corrected chi connectivity index (χ0v) is 15.6. The first-order valence-corrected chi connectivity index (χ1v) is 9.01. The van der Waals surface area contributed by atoms with E-state index in [4.69, 9.17) is 4.74 Å². The second-order valence-electron chi connectivity index (χ2n) is 5.94. The summed E-state index contributed by atoms with van der Waals surface area (Å²) in [7, 11) is 1.66. The smallest absolute Gasteiger partial charge is 0.253 e. The van der Waals surface area contributed by atoms with E-state index in [2.05, 4.69) is 24.5 Å². The van der Waals surface area contributed by atoms with Gasteiger partial charge in [-0.3, -0.25) is 9.59 Å². The Bertz CT molecular complexity index is 528. The van der Waals surface area contributed by atoms with Crippen LogP contribution in [0.25, 0.3) is 0 Å². The predicted molar refractivity (Wildman–Crippen MR) is 101 cm³/mol. The molecule has 6 nitrogen and oxygen atoms in total. The minimum absolute atomic E-state index is 0.0116. The third-order valence-corrected chi connectivity index (χ3v) is 3.66. The Morgan fingerprint density at radius 3 is 2.52 bits per heavy atom.